The Kier molecular flexibility index (Phi) is 6.10. The monoisotopic (exact) mass is 434 g/mol. The smallest absolute Gasteiger partial charge is 0.335 e. The van der Waals surface area contributed by atoms with Gasteiger partial charge in [-0.1, -0.05) is 30.1 Å². The minimum absolute atomic E-state index is 0.0277. The van der Waals surface area contributed by atoms with Crippen LogP contribution in [0.15, 0.2) is 42.0 Å². The van der Waals surface area contributed by atoms with Gasteiger partial charge in [0.25, 0.3) is 11.8 Å². The van der Waals surface area contributed by atoms with Crippen molar-refractivity contribution >= 4 is 52.8 Å². The number of anilines is 1. The number of phenols is 1. The molecule has 1 aliphatic rings. The number of imide groups is 2. The van der Waals surface area contributed by atoms with E-state index in [2.05, 4.69) is 5.32 Å². The number of halogens is 2. The molecule has 1 heterocycles. The molecule has 0 radical (unpaired) electrons. The van der Waals surface area contributed by atoms with Crippen molar-refractivity contribution in [2.75, 3.05) is 11.5 Å². The number of carbonyl (C=O) groups is 3. The van der Waals surface area contributed by atoms with Gasteiger partial charge < -0.3 is 9.84 Å². The van der Waals surface area contributed by atoms with Crippen LogP contribution in [0, 0.1) is 0 Å². The molecule has 0 atom stereocenters. The highest BCUT2D eigenvalue weighted by Crippen LogP contribution is 2.35. The first kappa shape index (κ1) is 20.7. The molecule has 2 N–H and O–H groups in total. The van der Waals surface area contributed by atoms with E-state index in [0.29, 0.717) is 17.9 Å². The van der Waals surface area contributed by atoms with Crippen molar-refractivity contribution in [1.29, 1.82) is 0 Å². The highest BCUT2D eigenvalue weighted by Gasteiger charge is 2.36. The third-order valence-corrected chi connectivity index (χ3v) is 4.55. The summed E-state index contributed by atoms with van der Waals surface area (Å²) in [5.74, 6) is -1.37. The van der Waals surface area contributed by atoms with Crippen molar-refractivity contribution in [2.45, 2.75) is 13.3 Å². The van der Waals surface area contributed by atoms with E-state index in [1.807, 2.05) is 6.92 Å². The van der Waals surface area contributed by atoms with Gasteiger partial charge in [0.2, 0.25) is 0 Å². The van der Waals surface area contributed by atoms with Crippen LogP contribution in [0.2, 0.25) is 10.0 Å². The molecule has 4 amide bonds. The Morgan fingerprint density at radius 3 is 2.31 bits per heavy atom. The fraction of sp³-hybridized carbons (Fsp3) is 0.150. The first-order chi connectivity index (χ1) is 13.8. The Morgan fingerprint density at radius 2 is 1.72 bits per heavy atom. The Labute approximate surface area is 176 Å². The van der Waals surface area contributed by atoms with Crippen molar-refractivity contribution in [1.82, 2.24) is 5.32 Å². The average Bonchev–Trinajstić information content (AvgIpc) is 2.66. The molecular formula is C20H16Cl2N2O5. The molecule has 0 saturated carbocycles. The number of urea groups is 1. The van der Waals surface area contributed by atoms with Crippen LogP contribution in [-0.2, 0) is 9.59 Å². The van der Waals surface area contributed by atoms with Crippen LogP contribution in [-0.4, -0.2) is 29.6 Å². The molecule has 9 heteroatoms. The average molecular weight is 435 g/mol. The van der Waals surface area contributed by atoms with Crippen molar-refractivity contribution in [3.63, 3.8) is 0 Å². The summed E-state index contributed by atoms with van der Waals surface area (Å²) in [5.41, 5.74) is 0.317. The van der Waals surface area contributed by atoms with Crippen molar-refractivity contribution in [3.8, 4) is 11.5 Å². The van der Waals surface area contributed by atoms with Crippen molar-refractivity contribution in [2.24, 2.45) is 0 Å². The molecule has 0 aliphatic carbocycles. The summed E-state index contributed by atoms with van der Waals surface area (Å²) in [5, 5.41) is 12.0. The van der Waals surface area contributed by atoms with E-state index in [1.54, 1.807) is 0 Å². The Balaban J connectivity index is 1.97. The zero-order valence-electron chi connectivity index (χ0n) is 15.2. The molecule has 2 aromatic carbocycles. The molecule has 0 bridgehead atoms. The first-order valence-electron chi connectivity index (χ1n) is 8.64. The highest BCUT2D eigenvalue weighted by molar-refractivity contribution is 6.40. The standard InChI is InChI=1S/C20H16Cl2N2O5/c1-2-7-29-17-15(21)9-11(10-16(17)22)8-14-18(26)23-20(28)24(19(14)27)12-3-5-13(25)6-4-12/h3-6,8-10,25H,2,7H2,1H3,(H,23,26,28)/b14-8+. The molecular weight excluding hydrogens is 419 g/mol. The van der Waals surface area contributed by atoms with Crippen LogP contribution in [0.4, 0.5) is 10.5 Å². The molecule has 0 unspecified atom stereocenters. The van der Waals surface area contributed by atoms with Gasteiger partial charge in [0.05, 0.1) is 22.3 Å². The van der Waals surface area contributed by atoms with Crippen LogP contribution in [0.3, 0.4) is 0 Å². The second-order valence-corrected chi connectivity index (χ2v) is 6.95. The maximum atomic E-state index is 12.8. The molecule has 1 fully saturated rings. The minimum Gasteiger partial charge on any atom is -0.508 e. The number of hydrogen-bond donors (Lipinski definition) is 2. The molecule has 2 aromatic rings. The number of nitrogens with zero attached hydrogens (tertiary/aromatic N) is 1. The van der Waals surface area contributed by atoms with Gasteiger partial charge in [-0.05, 0) is 54.5 Å². The summed E-state index contributed by atoms with van der Waals surface area (Å²) in [7, 11) is 0. The summed E-state index contributed by atoms with van der Waals surface area (Å²) < 4.78 is 5.50. The van der Waals surface area contributed by atoms with E-state index in [9.17, 15) is 19.5 Å². The van der Waals surface area contributed by atoms with Gasteiger partial charge in [0, 0.05) is 0 Å². The molecule has 0 spiro atoms. The fourth-order valence-electron chi connectivity index (χ4n) is 2.67. The number of barbiturate groups is 1. The normalized spacial score (nSPS) is 15.6. The number of aromatic hydroxyl groups is 1. The van der Waals surface area contributed by atoms with Crippen LogP contribution in [0.5, 0.6) is 11.5 Å². The second-order valence-electron chi connectivity index (χ2n) is 6.14. The molecule has 150 valence electrons. The summed E-state index contributed by atoms with van der Waals surface area (Å²) in [6.07, 6.45) is 2.06. The SMILES string of the molecule is CCCOc1c(Cl)cc(/C=C2\C(=O)NC(=O)N(c3ccc(O)cc3)C2=O)cc1Cl. The predicted octanol–water partition coefficient (Wildman–Crippen LogP) is 4.15. The maximum absolute atomic E-state index is 12.8. The largest absolute Gasteiger partial charge is 0.508 e. The quantitative estimate of drug-likeness (QED) is 0.544. The zero-order chi connectivity index (χ0) is 21.1. The fourth-order valence-corrected chi connectivity index (χ4v) is 3.28. The van der Waals surface area contributed by atoms with Gasteiger partial charge in [-0.25, -0.2) is 9.69 Å². The molecule has 0 aromatic heterocycles. The number of ether oxygens (including phenoxy) is 1. The number of hydrogen-bond acceptors (Lipinski definition) is 5. The Morgan fingerprint density at radius 1 is 1.10 bits per heavy atom. The zero-order valence-corrected chi connectivity index (χ0v) is 16.8. The predicted molar refractivity (Wildman–Crippen MR) is 109 cm³/mol. The number of rotatable bonds is 5. The lowest BCUT2D eigenvalue weighted by atomic mass is 10.1. The molecule has 7 nitrogen and oxygen atoms in total. The summed E-state index contributed by atoms with van der Waals surface area (Å²) >= 11 is 12.4. The van der Waals surface area contributed by atoms with Crippen LogP contribution >= 0.6 is 23.2 Å². The van der Waals surface area contributed by atoms with E-state index in [4.69, 9.17) is 27.9 Å². The summed E-state index contributed by atoms with van der Waals surface area (Å²) in [6.45, 7) is 2.37. The van der Waals surface area contributed by atoms with Crippen LogP contribution in [0.25, 0.3) is 6.08 Å². The summed E-state index contributed by atoms with van der Waals surface area (Å²) in [6, 6.07) is 7.54. The number of benzene rings is 2. The third-order valence-electron chi connectivity index (χ3n) is 3.99. The van der Waals surface area contributed by atoms with Crippen molar-refractivity contribution in [3.05, 3.63) is 57.6 Å². The molecule has 1 aliphatic heterocycles. The molecule has 3 rings (SSSR count). The lowest BCUT2D eigenvalue weighted by molar-refractivity contribution is -0.122. The van der Waals surface area contributed by atoms with Gasteiger partial charge in [-0.3, -0.25) is 14.9 Å². The maximum Gasteiger partial charge on any atom is 0.335 e. The van der Waals surface area contributed by atoms with Gasteiger partial charge >= 0.3 is 6.03 Å². The van der Waals surface area contributed by atoms with E-state index in [0.717, 1.165) is 11.3 Å². The minimum atomic E-state index is -0.887. The Hall–Kier alpha value is -3.03. The number of amides is 4. The van der Waals surface area contributed by atoms with Gasteiger partial charge in [0.15, 0.2) is 5.75 Å². The molecule has 29 heavy (non-hydrogen) atoms. The summed E-state index contributed by atoms with van der Waals surface area (Å²) in [4.78, 5) is 38.1. The van der Waals surface area contributed by atoms with Crippen LogP contribution in [0.1, 0.15) is 18.9 Å². The van der Waals surface area contributed by atoms with Gasteiger partial charge in [0.1, 0.15) is 11.3 Å². The first-order valence-corrected chi connectivity index (χ1v) is 9.39. The number of carbonyl (C=O) groups excluding carboxylic acids is 3. The highest BCUT2D eigenvalue weighted by atomic mass is 35.5. The number of phenolic OH excluding ortho intramolecular Hbond substituents is 1. The Bertz CT molecular complexity index is 995. The second kappa shape index (κ2) is 8.55. The third kappa shape index (κ3) is 4.36. The van der Waals surface area contributed by atoms with E-state index >= 15 is 0 Å². The number of nitrogens with one attached hydrogen (secondary N) is 1. The van der Waals surface area contributed by atoms with E-state index < -0.39 is 17.8 Å². The topological polar surface area (TPSA) is 95.9 Å². The van der Waals surface area contributed by atoms with E-state index in [1.165, 1.54) is 42.5 Å². The van der Waals surface area contributed by atoms with E-state index in [-0.39, 0.29) is 27.1 Å². The lowest BCUT2D eigenvalue weighted by Gasteiger charge is -2.26. The van der Waals surface area contributed by atoms with Crippen molar-refractivity contribution < 1.29 is 24.2 Å². The van der Waals surface area contributed by atoms with Gasteiger partial charge in [-0.2, -0.15) is 0 Å². The molecule has 1 saturated heterocycles. The van der Waals surface area contributed by atoms with Crippen LogP contribution < -0.4 is 15.0 Å². The van der Waals surface area contributed by atoms with Gasteiger partial charge in [-0.15, -0.1) is 0 Å². The lowest BCUT2D eigenvalue weighted by Crippen LogP contribution is -2.54.